The van der Waals surface area contributed by atoms with Crippen LogP contribution < -0.4 is 9.47 Å². The van der Waals surface area contributed by atoms with Gasteiger partial charge in [0.15, 0.2) is 6.61 Å². The Labute approximate surface area is 191 Å². The lowest BCUT2D eigenvalue weighted by atomic mass is 10.1. The fourth-order valence-corrected chi connectivity index (χ4v) is 3.90. The van der Waals surface area contributed by atoms with Crippen molar-refractivity contribution in [2.45, 2.75) is 40.5 Å². The van der Waals surface area contributed by atoms with Crippen LogP contribution in [0.5, 0.6) is 11.5 Å². The summed E-state index contributed by atoms with van der Waals surface area (Å²) in [6.45, 7) is 10.8. The van der Waals surface area contributed by atoms with Gasteiger partial charge in [0.1, 0.15) is 11.5 Å². The third-order valence-corrected chi connectivity index (χ3v) is 6.08. The highest BCUT2D eigenvalue weighted by atomic mass is 16.5. The average molecular weight is 439 g/mol. The number of carbonyl (C=O) groups is 2. The van der Waals surface area contributed by atoms with Gasteiger partial charge >= 0.3 is 0 Å². The fourth-order valence-electron chi connectivity index (χ4n) is 3.90. The lowest BCUT2D eigenvalue weighted by Gasteiger charge is -2.34. The van der Waals surface area contributed by atoms with E-state index in [4.69, 9.17) is 9.47 Å². The van der Waals surface area contributed by atoms with Crippen LogP contribution in [0.2, 0.25) is 0 Å². The maximum atomic E-state index is 12.5. The minimum absolute atomic E-state index is 0.0217. The van der Waals surface area contributed by atoms with Crippen molar-refractivity contribution in [2.75, 3.05) is 39.4 Å². The maximum absolute atomic E-state index is 12.5. The lowest BCUT2D eigenvalue weighted by molar-refractivity contribution is -0.140. The molecule has 1 aliphatic heterocycles. The van der Waals surface area contributed by atoms with Gasteiger partial charge in [0.25, 0.3) is 5.91 Å². The number of carbonyl (C=O) groups excluding carboxylic acids is 2. The number of benzene rings is 2. The molecule has 1 saturated heterocycles. The maximum Gasteiger partial charge on any atom is 0.260 e. The van der Waals surface area contributed by atoms with E-state index in [2.05, 4.69) is 0 Å². The summed E-state index contributed by atoms with van der Waals surface area (Å²) in [7, 11) is 0. The molecule has 6 nitrogen and oxygen atoms in total. The van der Waals surface area contributed by atoms with Crippen LogP contribution in [0.25, 0.3) is 0 Å². The van der Waals surface area contributed by atoms with Crippen molar-refractivity contribution in [3.05, 3.63) is 58.7 Å². The Morgan fingerprint density at radius 2 is 1.34 bits per heavy atom. The second-order valence-corrected chi connectivity index (χ2v) is 8.42. The normalized spacial score (nSPS) is 13.8. The summed E-state index contributed by atoms with van der Waals surface area (Å²) in [5.74, 6) is 1.74. The van der Waals surface area contributed by atoms with Crippen molar-refractivity contribution in [1.29, 1.82) is 0 Å². The van der Waals surface area contributed by atoms with E-state index >= 15 is 0 Å². The van der Waals surface area contributed by atoms with Gasteiger partial charge in [-0.15, -0.1) is 0 Å². The molecule has 172 valence electrons. The van der Waals surface area contributed by atoms with Crippen molar-refractivity contribution in [1.82, 2.24) is 9.80 Å². The first-order valence-corrected chi connectivity index (χ1v) is 11.3. The molecule has 1 fully saturated rings. The largest absolute Gasteiger partial charge is 0.493 e. The van der Waals surface area contributed by atoms with Gasteiger partial charge < -0.3 is 19.3 Å². The van der Waals surface area contributed by atoms with Crippen LogP contribution >= 0.6 is 0 Å². The van der Waals surface area contributed by atoms with Gasteiger partial charge in [0.05, 0.1) is 6.61 Å². The molecule has 0 saturated carbocycles. The molecule has 0 radical (unpaired) electrons. The number of piperazine rings is 1. The number of aryl methyl sites for hydroxylation is 3. The molecule has 0 aliphatic carbocycles. The molecule has 0 N–H and O–H groups in total. The van der Waals surface area contributed by atoms with E-state index < -0.39 is 0 Å². The van der Waals surface area contributed by atoms with Crippen molar-refractivity contribution < 1.29 is 19.1 Å². The number of hydrogen-bond acceptors (Lipinski definition) is 4. The second-order valence-electron chi connectivity index (χ2n) is 8.42. The van der Waals surface area contributed by atoms with Gasteiger partial charge in [0.2, 0.25) is 5.91 Å². The highest BCUT2D eigenvalue weighted by molar-refractivity contribution is 5.79. The van der Waals surface area contributed by atoms with E-state index in [1.54, 1.807) is 4.90 Å². The molecule has 0 unspecified atom stereocenters. The first-order chi connectivity index (χ1) is 15.4. The fraction of sp³-hybridized carbons (Fsp3) is 0.462. The van der Waals surface area contributed by atoms with E-state index in [1.807, 2.05) is 69.0 Å². The van der Waals surface area contributed by atoms with Crippen LogP contribution in [-0.4, -0.2) is 61.0 Å². The number of hydrogen-bond donors (Lipinski definition) is 0. The number of rotatable bonds is 8. The van der Waals surface area contributed by atoms with Crippen molar-refractivity contribution >= 4 is 11.8 Å². The summed E-state index contributed by atoms with van der Waals surface area (Å²) in [6.07, 6.45) is 1.13. The molecule has 0 spiro atoms. The molecular weight excluding hydrogens is 404 g/mol. The minimum atomic E-state index is -0.0417. The van der Waals surface area contributed by atoms with Gasteiger partial charge in [-0.3, -0.25) is 9.59 Å². The highest BCUT2D eigenvalue weighted by Crippen LogP contribution is 2.23. The highest BCUT2D eigenvalue weighted by Gasteiger charge is 2.24. The molecule has 0 bridgehead atoms. The zero-order valence-corrected chi connectivity index (χ0v) is 19.6. The molecule has 6 heteroatoms. The van der Waals surface area contributed by atoms with Gasteiger partial charge in [-0.25, -0.2) is 0 Å². The van der Waals surface area contributed by atoms with Crippen molar-refractivity contribution in [3.63, 3.8) is 0 Å². The van der Waals surface area contributed by atoms with E-state index in [0.29, 0.717) is 45.6 Å². The van der Waals surface area contributed by atoms with Gasteiger partial charge in [-0.05, 0) is 62.4 Å². The number of para-hydroxylation sites is 1. The molecule has 3 rings (SSSR count). The van der Waals surface area contributed by atoms with Crippen molar-refractivity contribution in [3.8, 4) is 11.5 Å². The standard InChI is InChI=1S/C26H34N2O4/c1-19-8-6-11-23(22(19)4)32-18-25(30)28-15-13-27(14-16-28)24(29)12-7-17-31-26-20(2)9-5-10-21(26)3/h5-6,8-11H,7,12-18H2,1-4H3. The zero-order valence-electron chi connectivity index (χ0n) is 19.6. The van der Waals surface area contributed by atoms with E-state index in [-0.39, 0.29) is 18.4 Å². The van der Waals surface area contributed by atoms with Crippen LogP contribution in [0.4, 0.5) is 0 Å². The Morgan fingerprint density at radius 1 is 0.781 bits per heavy atom. The Hall–Kier alpha value is -3.02. The lowest BCUT2D eigenvalue weighted by Crippen LogP contribution is -2.51. The third kappa shape index (κ3) is 6.02. The number of ether oxygens (including phenoxy) is 2. The topological polar surface area (TPSA) is 59.1 Å². The van der Waals surface area contributed by atoms with Gasteiger partial charge in [-0.2, -0.15) is 0 Å². The first-order valence-electron chi connectivity index (χ1n) is 11.3. The Bertz CT molecular complexity index is 929. The average Bonchev–Trinajstić information content (AvgIpc) is 2.79. The van der Waals surface area contributed by atoms with Crippen LogP contribution in [0.1, 0.15) is 35.1 Å². The third-order valence-electron chi connectivity index (χ3n) is 6.08. The van der Waals surface area contributed by atoms with Crippen LogP contribution in [0.15, 0.2) is 36.4 Å². The molecule has 1 aliphatic rings. The number of amides is 2. The van der Waals surface area contributed by atoms with Gasteiger partial charge in [0, 0.05) is 32.6 Å². The van der Waals surface area contributed by atoms with E-state index in [1.165, 1.54) is 0 Å². The summed E-state index contributed by atoms with van der Waals surface area (Å²) < 4.78 is 11.6. The van der Waals surface area contributed by atoms with Crippen LogP contribution in [0, 0.1) is 27.7 Å². The first kappa shape index (κ1) is 23.6. The van der Waals surface area contributed by atoms with E-state index in [9.17, 15) is 9.59 Å². The molecule has 2 amide bonds. The van der Waals surface area contributed by atoms with Crippen LogP contribution in [0.3, 0.4) is 0 Å². The summed E-state index contributed by atoms with van der Waals surface area (Å²) in [6, 6.07) is 11.9. The minimum Gasteiger partial charge on any atom is -0.493 e. The second kappa shape index (κ2) is 11.0. The van der Waals surface area contributed by atoms with Gasteiger partial charge in [-0.1, -0.05) is 30.3 Å². The Morgan fingerprint density at radius 3 is 2.00 bits per heavy atom. The molecule has 2 aromatic carbocycles. The predicted molar refractivity (Wildman–Crippen MR) is 125 cm³/mol. The monoisotopic (exact) mass is 438 g/mol. The SMILES string of the molecule is Cc1cccc(OCC(=O)N2CCN(C(=O)CCCOc3c(C)cccc3C)CC2)c1C. The van der Waals surface area contributed by atoms with Crippen molar-refractivity contribution in [2.24, 2.45) is 0 Å². The molecule has 2 aromatic rings. The molecule has 1 heterocycles. The quantitative estimate of drug-likeness (QED) is 0.588. The van der Waals surface area contributed by atoms with Crippen LogP contribution in [-0.2, 0) is 9.59 Å². The molecular formula is C26H34N2O4. The molecule has 0 aromatic heterocycles. The Kier molecular flexibility index (Phi) is 8.14. The molecule has 0 atom stereocenters. The number of nitrogens with zero attached hydrogens (tertiary/aromatic N) is 2. The summed E-state index contributed by atoms with van der Waals surface area (Å²) in [5.41, 5.74) is 4.41. The summed E-state index contributed by atoms with van der Waals surface area (Å²) >= 11 is 0. The molecule has 32 heavy (non-hydrogen) atoms. The Balaban J connectivity index is 1.36. The smallest absolute Gasteiger partial charge is 0.260 e. The van der Waals surface area contributed by atoms with E-state index in [0.717, 1.165) is 33.8 Å². The predicted octanol–water partition coefficient (Wildman–Crippen LogP) is 3.83. The zero-order chi connectivity index (χ0) is 23.1. The summed E-state index contributed by atoms with van der Waals surface area (Å²) in [4.78, 5) is 28.7. The summed E-state index contributed by atoms with van der Waals surface area (Å²) in [5, 5.41) is 0.